The number of hydrogen-bond donors (Lipinski definition) is 2. The maximum Gasteiger partial charge on any atom is 0.407 e. The molecule has 0 atom stereocenters. The summed E-state index contributed by atoms with van der Waals surface area (Å²) < 4.78 is 0. The molecule has 1 heterocycles. The van der Waals surface area contributed by atoms with Crippen LogP contribution in [0.15, 0.2) is 54.6 Å². The van der Waals surface area contributed by atoms with E-state index < -0.39 is 6.09 Å². The van der Waals surface area contributed by atoms with Gasteiger partial charge in [0, 0.05) is 24.9 Å². The number of anilines is 1. The van der Waals surface area contributed by atoms with Crippen LogP contribution in [0.2, 0.25) is 0 Å². The highest BCUT2D eigenvalue weighted by molar-refractivity contribution is 6.02. The summed E-state index contributed by atoms with van der Waals surface area (Å²) in [6.07, 6.45) is 2.29. The van der Waals surface area contributed by atoms with Crippen LogP contribution in [-0.4, -0.2) is 22.0 Å². The average molecular weight is 308 g/mol. The van der Waals surface area contributed by atoms with Crippen LogP contribution < -0.4 is 5.32 Å². The number of amides is 2. The Balaban J connectivity index is 1.65. The van der Waals surface area contributed by atoms with E-state index in [1.165, 1.54) is 11.0 Å². The lowest BCUT2D eigenvalue weighted by Crippen LogP contribution is -2.22. The van der Waals surface area contributed by atoms with E-state index in [-0.39, 0.29) is 5.91 Å². The summed E-state index contributed by atoms with van der Waals surface area (Å²) in [7, 11) is 0. The maximum atomic E-state index is 12.0. The van der Waals surface area contributed by atoms with Crippen LogP contribution in [0, 0.1) is 0 Å². The van der Waals surface area contributed by atoms with Crippen molar-refractivity contribution < 1.29 is 14.7 Å². The summed E-state index contributed by atoms with van der Waals surface area (Å²) in [5.74, 6) is -0.220. The number of carbonyl (C=O) groups is 2. The smallest absolute Gasteiger partial charge is 0.407 e. The van der Waals surface area contributed by atoms with E-state index in [0.29, 0.717) is 18.8 Å². The second-order valence-electron chi connectivity index (χ2n) is 5.36. The zero-order chi connectivity index (χ0) is 16.2. The van der Waals surface area contributed by atoms with Gasteiger partial charge in [-0.15, -0.1) is 0 Å². The van der Waals surface area contributed by atoms with Gasteiger partial charge in [-0.3, -0.25) is 9.69 Å². The minimum Gasteiger partial charge on any atom is -0.465 e. The van der Waals surface area contributed by atoms with Crippen LogP contribution in [0.1, 0.15) is 16.7 Å². The van der Waals surface area contributed by atoms with Crippen LogP contribution in [0.4, 0.5) is 10.5 Å². The largest absolute Gasteiger partial charge is 0.465 e. The van der Waals surface area contributed by atoms with Gasteiger partial charge < -0.3 is 10.4 Å². The van der Waals surface area contributed by atoms with E-state index >= 15 is 0 Å². The Morgan fingerprint density at radius 2 is 1.78 bits per heavy atom. The fourth-order valence-electron chi connectivity index (χ4n) is 2.53. The van der Waals surface area contributed by atoms with Crippen molar-refractivity contribution in [2.75, 3.05) is 5.32 Å². The highest BCUT2D eigenvalue weighted by atomic mass is 16.4. The Labute approximate surface area is 133 Å². The summed E-state index contributed by atoms with van der Waals surface area (Å²) in [5, 5.41) is 11.8. The van der Waals surface area contributed by atoms with Gasteiger partial charge in [0.2, 0.25) is 5.91 Å². The Hall–Kier alpha value is -3.08. The van der Waals surface area contributed by atoms with Gasteiger partial charge in [-0.2, -0.15) is 0 Å². The Morgan fingerprint density at radius 3 is 2.52 bits per heavy atom. The molecule has 23 heavy (non-hydrogen) atoms. The number of nitrogens with one attached hydrogen (secondary N) is 1. The van der Waals surface area contributed by atoms with Gasteiger partial charge in [-0.05, 0) is 34.9 Å². The maximum absolute atomic E-state index is 12.0. The predicted octanol–water partition coefficient (Wildman–Crippen LogP) is 3.33. The molecule has 0 unspecified atom stereocenters. The van der Waals surface area contributed by atoms with Crippen LogP contribution in [0.25, 0.3) is 6.08 Å². The van der Waals surface area contributed by atoms with Gasteiger partial charge in [0.05, 0.1) is 0 Å². The number of nitrogens with zero attached hydrogens (tertiary/aromatic N) is 1. The number of carboxylic acid groups (broad SMARTS) is 1. The first-order valence-electron chi connectivity index (χ1n) is 7.25. The first-order chi connectivity index (χ1) is 11.1. The first-order valence-corrected chi connectivity index (χ1v) is 7.25. The van der Waals surface area contributed by atoms with Crippen molar-refractivity contribution in [3.8, 4) is 0 Å². The molecule has 1 aliphatic rings. The summed E-state index contributed by atoms with van der Waals surface area (Å²) in [6, 6.07) is 15.0. The molecule has 5 nitrogen and oxygen atoms in total. The molecule has 2 aromatic rings. The topological polar surface area (TPSA) is 69.6 Å². The molecule has 0 bridgehead atoms. The zero-order valence-corrected chi connectivity index (χ0v) is 12.4. The molecule has 0 saturated carbocycles. The summed E-state index contributed by atoms with van der Waals surface area (Å²) in [6.45, 7) is 0.751. The Kier molecular flexibility index (Phi) is 4.10. The van der Waals surface area contributed by atoms with Gasteiger partial charge in [0.25, 0.3) is 0 Å². The van der Waals surface area contributed by atoms with E-state index in [9.17, 15) is 9.59 Å². The van der Waals surface area contributed by atoms with Gasteiger partial charge >= 0.3 is 6.09 Å². The van der Waals surface area contributed by atoms with Crippen LogP contribution >= 0.6 is 0 Å². The molecule has 0 spiro atoms. The molecular formula is C18H16N2O3. The predicted molar refractivity (Wildman–Crippen MR) is 87.8 cm³/mol. The molecule has 0 aromatic heterocycles. The highest BCUT2D eigenvalue weighted by Gasteiger charge is 2.22. The molecule has 5 heteroatoms. The number of carbonyl (C=O) groups excluding carboxylic acids is 1. The SMILES string of the molecule is O=C(C=Cc1ccccc1)Nc1ccc2c(c1)CN(C(=O)O)C2. The zero-order valence-electron chi connectivity index (χ0n) is 12.4. The van der Waals surface area contributed by atoms with Crippen molar-refractivity contribution >= 4 is 23.8 Å². The third-order valence-electron chi connectivity index (χ3n) is 3.69. The Bertz CT molecular complexity index is 769. The second-order valence-corrected chi connectivity index (χ2v) is 5.36. The lowest BCUT2D eigenvalue weighted by molar-refractivity contribution is -0.111. The second kappa shape index (κ2) is 6.36. The van der Waals surface area contributed by atoms with Crippen LogP contribution in [0.3, 0.4) is 0 Å². The van der Waals surface area contributed by atoms with Crippen molar-refractivity contribution in [3.63, 3.8) is 0 Å². The van der Waals surface area contributed by atoms with E-state index in [1.807, 2.05) is 42.5 Å². The number of benzene rings is 2. The van der Waals surface area contributed by atoms with Gasteiger partial charge in [0.1, 0.15) is 0 Å². The quantitative estimate of drug-likeness (QED) is 0.854. The Morgan fingerprint density at radius 1 is 1.04 bits per heavy atom. The van der Waals surface area contributed by atoms with E-state index in [0.717, 1.165) is 16.7 Å². The van der Waals surface area contributed by atoms with E-state index in [1.54, 1.807) is 12.1 Å². The molecule has 1 aliphatic heterocycles. The van der Waals surface area contributed by atoms with Crippen molar-refractivity contribution in [2.24, 2.45) is 0 Å². The average Bonchev–Trinajstić information content (AvgIpc) is 2.97. The summed E-state index contributed by atoms with van der Waals surface area (Å²) in [5.41, 5.74) is 3.52. The molecular weight excluding hydrogens is 292 g/mol. The number of rotatable bonds is 3. The minimum absolute atomic E-state index is 0.220. The van der Waals surface area contributed by atoms with E-state index in [2.05, 4.69) is 5.32 Å². The summed E-state index contributed by atoms with van der Waals surface area (Å²) >= 11 is 0. The molecule has 0 saturated heterocycles. The lowest BCUT2D eigenvalue weighted by atomic mass is 10.1. The number of fused-ring (bicyclic) bond motifs is 1. The minimum atomic E-state index is -0.933. The molecule has 0 radical (unpaired) electrons. The standard InChI is InChI=1S/C18H16N2O3/c21-17(9-6-13-4-2-1-3-5-13)19-16-8-7-14-11-20(18(22)23)12-15(14)10-16/h1-10H,11-12H2,(H,19,21)(H,22,23). The third-order valence-corrected chi connectivity index (χ3v) is 3.69. The van der Waals surface area contributed by atoms with E-state index in [4.69, 9.17) is 5.11 Å². The van der Waals surface area contributed by atoms with Gasteiger partial charge in [0.15, 0.2) is 0 Å². The van der Waals surface area contributed by atoms with Crippen molar-refractivity contribution in [1.82, 2.24) is 4.90 Å². The molecule has 2 amide bonds. The lowest BCUT2D eigenvalue weighted by Gasteiger charge is -2.08. The normalized spacial score (nSPS) is 13.1. The number of hydrogen-bond acceptors (Lipinski definition) is 2. The van der Waals surface area contributed by atoms with Crippen LogP contribution in [-0.2, 0) is 17.9 Å². The summed E-state index contributed by atoms with van der Waals surface area (Å²) in [4.78, 5) is 24.3. The molecule has 0 aliphatic carbocycles. The van der Waals surface area contributed by atoms with Crippen LogP contribution in [0.5, 0.6) is 0 Å². The fourth-order valence-corrected chi connectivity index (χ4v) is 2.53. The van der Waals surface area contributed by atoms with Crippen molar-refractivity contribution in [2.45, 2.75) is 13.1 Å². The molecule has 116 valence electrons. The monoisotopic (exact) mass is 308 g/mol. The molecule has 2 aromatic carbocycles. The first kappa shape index (κ1) is 14.8. The molecule has 3 rings (SSSR count). The van der Waals surface area contributed by atoms with Gasteiger partial charge in [-0.25, -0.2) is 4.79 Å². The fraction of sp³-hybridized carbons (Fsp3) is 0.111. The third kappa shape index (κ3) is 3.58. The molecule has 2 N–H and O–H groups in total. The molecule has 0 fully saturated rings. The van der Waals surface area contributed by atoms with Gasteiger partial charge in [-0.1, -0.05) is 36.4 Å². The highest BCUT2D eigenvalue weighted by Crippen LogP contribution is 2.25. The van der Waals surface area contributed by atoms with Crippen molar-refractivity contribution in [3.05, 3.63) is 71.3 Å². The van der Waals surface area contributed by atoms with Crippen molar-refractivity contribution in [1.29, 1.82) is 0 Å².